The molecule has 0 aliphatic heterocycles. The second-order valence-corrected chi connectivity index (χ2v) is 6.31. The van der Waals surface area contributed by atoms with Crippen LogP contribution in [0.3, 0.4) is 0 Å². The van der Waals surface area contributed by atoms with E-state index in [2.05, 4.69) is 5.10 Å². The zero-order chi connectivity index (χ0) is 17.1. The fourth-order valence-electron chi connectivity index (χ4n) is 2.67. The molecule has 2 aromatic rings. The van der Waals surface area contributed by atoms with Crippen molar-refractivity contribution < 1.29 is 14.6 Å². The third kappa shape index (κ3) is 3.94. The van der Waals surface area contributed by atoms with Crippen LogP contribution in [-0.2, 0) is 18.4 Å². The van der Waals surface area contributed by atoms with Crippen LogP contribution < -0.4 is 4.74 Å². The van der Waals surface area contributed by atoms with Crippen molar-refractivity contribution in [2.24, 2.45) is 7.05 Å². The first-order chi connectivity index (χ1) is 11.5. The molecule has 1 aromatic carbocycles. The average molecular weight is 329 g/mol. The molecule has 128 valence electrons. The van der Waals surface area contributed by atoms with Crippen molar-refractivity contribution in [1.29, 1.82) is 0 Å². The Morgan fingerprint density at radius 1 is 1.46 bits per heavy atom. The molecule has 0 radical (unpaired) electrons. The van der Waals surface area contributed by atoms with Crippen LogP contribution in [0.4, 0.5) is 0 Å². The van der Waals surface area contributed by atoms with E-state index in [1.165, 1.54) is 0 Å². The molecule has 0 spiro atoms. The van der Waals surface area contributed by atoms with Gasteiger partial charge in [-0.1, -0.05) is 18.2 Å². The molecular formula is C18H23N3O3. The molecule has 0 bridgehead atoms. The normalized spacial score (nSPS) is 15.1. The topological polar surface area (TPSA) is 67.6 Å². The summed E-state index contributed by atoms with van der Waals surface area (Å²) >= 11 is 0. The minimum atomic E-state index is -1.16. The number of aromatic nitrogens is 2. The fraction of sp³-hybridized carbons (Fsp3) is 0.444. The largest absolute Gasteiger partial charge is 0.490 e. The van der Waals surface area contributed by atoms with Gasteiger partial charge in [-0.15, -0.1) is 0 Å². The van der Waals surface area contributed by atoms with Crippen molar-refractivity contribution in [1.82, 2.24) is 14.7 Å². The van der Waals surface area contributed by atoms with E-state index in [0.29, 0.717) is 12.3 Å². The summed E-state index contributed by atoms with van der Waals surface area (Å²) in [5, 5.41) is 14.4. The number of nitrogens with zero attached hydrogens (tertiary/aromatic N) is 3. The molecule has 1 atom stereocenters. The van der Waals surface area contributed by atoms with Gasteiger partial charge in [0.05, 0.1) is 6.20 Å². The molecule has 1 amide bonds. The van der Waals surface area contributed by atoms with Crippen LogP contribution in [0.15, 0.2) is 36.7 Å². The average Bonchev–Trinajstić information content (AvgIpc) is 3.33. The summed E-state index contributed by atoms with van der Waals surface area (Å²) in [7, 11) is 1.84. The molecule has 0 unspecified atom stereocenters. The van der Waals surface area contributed by atoms with Gasteiger partial charge in [0.25, 0.3) is 5.91 Å². The second kappa shape index (κ2) is 7.05. The maximum Gasteiger partial charge on any atom is 0.255 e. The zero-order valence-electron chi connectivity index (χ0n) is 14.1. The van der Waals surface area contributed by atoms with Gasteiger partial charge in [-0.3, -0.25) is 9.48 Å². The van der Waals surface area contributed by atoms with Gasteiger partial charge in [-0.2, -0.15) is 5.10 Å². The van der Waals surface area contributed by atoms with Gasteiger partial charge in [-0.25, -0.2) is 0 Å². The van der Waals surface area contributed by atoms with E-state index in [-0.39, 0.29) is 18.6 Å². The van der Waals surface area contributed by atoms with Gasteiger partial charge < -0.3 is 14.7 Å². The Labute approximate surface area is 141 Å². The molecule has 0 saturated heterocycles. The van der Waals surface area contributed by atoms with E-state index in [9.17, 15) is 9.90 Å². The highest BCUT2D eigenvalue weighted by atomic mass is 16.5. The molecule has 1 aromatic heterocycles. The van der Waals surface area contributed by atoms with E-state index in [1.54, 1.807) is 15.8 Å². The lowest BCUT2D eigenvalue weighted by Gasteiger charge is -2.25. The number of aliphatic hydroxyl groups excluding tert-OH is 1. The number of para-hydroxylation sites is 1. The van der Waals surface area contributed by atoms with Crippen LogP contribution >= 0.6 is 0 Å². The first-order valence-corrected chi connectivity index (χ1v) is 8.19. The highest BCUT2D eigenvalue weighted by Crippen LogP contribution is 2.29. The van der Waals surface area contributed by atoms with Gasteiger partial charge in [0.2, 0.25) is 0 Å². The lowest BCUT2D eigenvalue weighted by molar-refractivity contribution is -0.143. The van der Waals surface area contributed by atoms with E-state index >= 15 is 0 Å². The SMILES string of the molecule is Cc1ccccc1OC[C@@H](O)C(=O)N(Cc1cnn(C)c1)C1CC1. The monoisotopic (exact) mass is 329 g/mol. The third-order valence-corrected chi connectivity index (χ3v) is 4.16. The lowest BCUT2D eigenvalue weighted by atomic mass is 10.2. The number of hydrogen-bond donors (Lipinski definition) is 1. The van der Waals surface area contributed by atoms with Gasteiger partial charge >= 0.3 is 0 Å². The van der Waals surface area contributed by atoms with Crippen LogP contribution in [0, 0.1) is 6.92 Å². The number of ether oxygens (including phenoxy) is 1. The molecule has 3 rings (SSSR count). The molecule has 6 heteroatoms. The Morgan fingerprint density at radius 3 is 2.83 bits per heavy atom. The predicted octanol–water partition coefficient (Wildman–Crippen LogP) is 1.66. The van der Waals surface area contributed by atoms with Crippen molar-refractivity contribution in [2.45, 2.75) is 38.5 Å². The van der Waals surface area contributed by atoms with Crippen molar-refractivity contribution in [2.75, 3.05) is 6.61 Å². The number of hydrogen-bond acceptors (Lipinski definition) is 4. The Balaban J connectivity index is 1.61. The van der Waals surface area contributed by atoms with Crippen molar-refractivity contribution in [3.05, 3.63) is 47.8 Å². The third-order valence-electron chi connectivity index (χ3n) is 4.16. The smallest absolute Gasteiger partial charge is 0.255 e. The first kappa shape index (κ1) is 16.5. The molecule has 1 fully saturated rings. The minimum absolute atomic E-state index is 0.0417. The maximum absolute atomic E-state index is 12.6. The quantitative estimate of drug-likeness (QED) is 0.839. The first-order valence-electron chi connectivity index (χ1n) is 8.19. The van der Waals surface area contributed by atoms with Crippen molar-refractivity contribution in [3.8, 4) is 5.75 Å². The summed E-state index contributed by atoms with van der Waals surface area (Å²) in [6, 6.07) is 7.77. The summed E-state index contributed by atoms with van der Waals surface area (Å²) in [6.07, 6.45) is 4.44. The number of amides is 1. The molecule has 1 heterocycles. The minimum Gasteiger partial charge on any atom is -0.490 e. The standard InChI is InChI=1S/C18H23N3O3/c1-13-5-3-4-6-17(13)24-12-16(22)18(23)21(15-7-8-15)11-14-9-19-20(2)10-14/h3-6,9-10,15-16,22H,7-8,11-12H2,1-2H3/t16-/m1/s1. The van der Waals surface area contributed by atoms with Gasteiger partial charge in [-0.05, 0) is 31.4 Å². The number of carbonyl (C=O) groups excluding carboxylic acids is 1. The van der Waals surface area contributed by atoms with E-state index in [1.807, 2.05) is 44.4 Å². The molecular weight excluding hydrogens is 306 g/mol. The van der Waals surface area contributed by atoms with Gasteiger partial charge in [0, 0.05) is 31.4 Å². The summed E-state index contributed by atoms with van der Waals surface area (Å²) < 4.78 is 7.32. The van der Waals surface area contributed by atoms with Crippen molar-refractivity contribution in [3.63, 3.8) is 0 Å². The lowest BCUT2D eigenvalue weighted by Crippen LogP contribution is -2.42. The van der Waals surface area contributed by atoms with Crippen molar-refractivity contribution >= 4 is 5.91 Å². The molecule has 6 nitrogen and oxygen atoms in total. The maximum atomic E-state index is 12.6. The summed E-state index contributed by atoms with van der Waals surface area (Å²) in [6.45, 7) is 2.36. The molecule has 1 aliphatic rings. The van der Waals surface area contributed by atoms with Crippen LogP contribution in [0.5, 0.6) is 5.75 Å². The van der Waals surface area contributed by atoms with Crippen LogP contribution in [0.2, 0.25) is 0 Å². The Hall–Kier alpha value is -2.34. The van der Waals surface area contributed by atoms with Crippen LogP contribution in [0.25, 0.3) is 0 Å². The fourth-order valence-corrected chi connectivity index (χ4v) is 2.67. The number of carbonyl (C=O) groups is 1. The highest BCUT2D eigenvalue weighted by molar-refractivity contribution is 5.81. The highest BCUT2D eigenvalue weighted by Gasteiger charge is 2.35. The Morgan fingerprint density at radius 2 is 2.21 bits per heavy atom. The van der Waals surface area contributed by atoms with Gasteiger partial charge in [0.1, 0.15) is 12.4 Å². The van der Waals surface area contributed by atoms with Gasteiger partial charge in [0.15, 0.2) is 6.10 Å². The van der Waals surface area contributed by atoms with E-state index in [0.717, 1.165) is 24.0 Å². The summed E-state index contributed by atoms with van der Waals surface area (Å²) in [5.41, 5.74) is 1.94. The molecule has 24 heavy (non-hydrogen) atoms. The summed E-state index contributed by atoms with van der Waals surface area (Å²) in [4.78, 5) is 14.3. The Bertz CT molecular complexity index is 709. The van der Waals surface area contributed by atoms with Crippen LogP contribution in [0.1, 0.15) is 24.0 Å². The number of aryl methyl sites for hydroxylation is 2. The predicted molar refractivity (Wildman–Crippen MR) is 89.5 cm³/mol. The number of aliphatic hydroxyl groups is 1. The number of benzene rings is 1. The van der Waals surface area contributed by atoms with E-state index < -0.39 is 6.10 Å². The molecule has 1 N–H and O–H groups in total. The molecule has 1 aliphatic carbocycles. The van der Waals surface area contributed by atoms with Crippen LogP contribution in [-0.4, -0.2) is 44.4 Å². The zero-order valence-corrected chi connectivity index (χ0v) is 14.1. The second-order valence-electron chi connectivity index (χ2n) is 6.31. The number of rotatable bonds is 7. The summed E-state index contributed by atoms with van der Waals surface area (Å²) in [5.74, 6) is 0.407. The Kier molecular flexibility index (Phi) is 4.85. The van der Waals surface area contributed by atoms with E-state index in [4.69, 9.17) is 4.74 Å². The molecule has 1 saturated carbocycles.